The predicted molar refractivity (Wildman–Crippen MR) is 178 cm³/mol. The summed E-state index contributed by atoms with van der Waals surface area (Å²) in [6, 6.07) is 23.3. The van der Waals surface area contributed by atoms with Crippen molar-refractivity contribution in [2.75, 3.05) is 0 Å². The molecule has 3 aromatic carbocycles. The predicted octanol–water partition coefficient (Wildman–Crippen LogP) is 8.05. The quantitative estimate of drug-likeness (QED) is 0.178. The third kappa shape index (κ3) is 5.23. The van der Waals surface area contributed by atoms with Crippen LogP contribution in [-0.2, 0) is 38.5 Å². The molecule has 1 saturated carbocycles. The summed E-state index contributed by atoms with van der Waals surface area (Å²) in [5.74, 6) is 1.28. The smallest absolute Gasteiger partial charge is 0.0808 e. The van der Waals surface area contributed by atoms with Gasteiger partial charge in [0.15, 0.2) is 8.07 Å². The molecule has 5 rings (SSSR count). The first-order chi connectivity index (χ1) is 19.5. The SMILES string of the molecule is CCc1cc(CC)cc([Si](c2cc(CC)cc(CC)c2)(c2cc(CC)cc(CC)c2)C2CCC3C=CC=CC32)c1. The molecular formula is C39H50Si. The van der Waals surface area contributed by atoms with Gasteiger partial charge >= 0.3 is 0 Å². The Morgan fingerprint density at radius 3 is 1.18 bits per heavy atom. The maximum absolute atomic E-state index is 2.65. The summed E-state index contributed by atoms with van der Waals surface area (Å²) in [5, 5.41) is 4.97. The second kappa shape index (κ2) is 12.5. The highest BCUT2D eigenvalue weighted by Crippen LogP contribution is 2.49. The van der Waals surface area contributed by atoms with E-state index in [0.29, 0.717) is 17.4 Å². The normalized spacial score (nSPS) is 20.2. The van der Waals surface area contributed by atoms with Crippen LogP contribution in [-0.4, -0.2) is 8.07 Å². The minimum atomic E-state index is -2.47. The monoisotopic (exact) mass is 546 g/mol. The molecule has 2 aliphatic rings. The lowest BCUT2D eigenvalue weighted by molar-refractivity contribution is 0.548. The van der Waals surface area contributed by atoms with Crippen LogP contribution in [0.1, 0.15) is 87.8 Å². The lowest BCUT2D eigenvalue weighted by Crippen LogP contribution is -2.71. The number of hydrogen-bond donors (Lipinski definition) is 0. The molecule has 3 unspecified atom stereocenters. The van der Waals surface area contributed by atoms with E-state index in [1.165, 1.54) is 46.2 Å². The molecule has 3 atom stereocenters. The van der Waals surface area contributed by atoms with Crippen LogP contribution in [0.3, 0.4) is 0 Å². The van der Waals surface area contributed by atoms with Crippen LogP contribution in [0.25, 0.3) is 0 Å². The zero-order chi connectivity index (χ0) is 28.3. The minimum absolute atomic E-state index is 0.609. The Bertz CT molecular complexity index is 1190. The molecule has 2 aliphatic carbocycles. The summed E-state index contributed by atoms with van der Waals surface area (Å²) >= 11 is 0. The van der Waals surface area contributed by atoms with Crippen molar-refractivity contribution in [2.24, 2.45) is 11.8 Å². The lowest BCUT2D eigenvalue weighted by Gasteiger charge is -2.43. The van der Waals surface area contributed by atoms with Crippen molar-refractivity contribution in [3.05, 3.63) is 112 Å². The number of hydrogen-bond acceptors (Lipinski definition) is 0. The van der Waals surface area contributed by atoms with Crippen LogP contribution in [0.2, 0.25) is 5.54 Å². The Morgan fingerprint density at radius 1 is 0.475 bits per heavy atom. The van der Waals surface area contributed by atoms with Crippen molar-refractivity contribution >= 4 is 23.6 Å². The summed E-state index contributed by atoms with van der Waals surface area (Å²) in [5.41, 5.74) is 9.67. The Labute approximate surface area is 245 Å². The lowest BCUT2D eigenvalue weighted by atomic mass is 9.92. The molecule has 1 fully saturated rings. The third-order valence-corrected chi connectivity index (χ3v) is 15.5. The third-order valence-electron chi connectivity index (χ3n) is 10.1. The van der Waals surface area contributed by atoms with E-state index in [1.54, 1.807) is 15.6 Å². The van der Waals surface area contributed by atoms with Crippen LogP contribution in [0.5, 0.6) is 0 Å². The average Bonchev–Trinajstić information content (AvgIpc) is 3.45. The summed E-state index contributed by atoms with van der Waals surface area (Å²) in [7, 11) is -2.47. The highest BCUT2D eigenvalue weighted by molar-refractivity contribution is 7.12. The fraction of sp³-hybridized carbons (Fsp3) is 0.436. The van der Waals surface area contributed by atoms with Gasteiger partial charge < -0.3 is 0 Å². The Morgan fingerprint density at radius 2 is 0.825 bits per heavy atom. The molecular weight excluding hydrogens is 497 g/mol. The molecule has 0 spiro atoms. The molecule has 0 aliphatic heterocycles. The zero-order valence-corrected chi connectivity index (χ0v) is 26.9. The molecule has 0 bridgehead atoms. The van der Waals surface area contributed by atoms with Crippen molar-refractivity contribution in [3.8, 4) is 0 Å². The van der Waals surface area contributed by atoms with Gasteiger partial charge in [0.05, 0.1) is 0 Å². The highest BCUT2D eigenvalue weighted by atomic mass is 28.3. The summed E-state index contributed by atoms with van der Waals surface area (Å²) in [6.07, 6.45) is 18.9. The molecule has 40 heavy (non-hydrogen) atoms. The molecule has 1 heteroatoms. The molecule has 3 aromatic rings. The van der Waals surface area contributed by atoms with Gasteiger partial charge in [-0.3, -0.25) is 0 Å². The maximum atomic E-state index is 2.65. The van der Waals surface area contributed by atoms with E-state index in [4.69, 9.17) is 0 Å². The van der Waals surface area contributed by atoms with Gasteiger partial charge in [0.25, 0.3) is 0 Å². The summed E-state index contributed by atoms with van der Waals surface area (Å²) in [4.78, 5) is 0. The van der Waals surface area contributed by atoms with Crippen molar-refractivity contribution in [2.45, 2.75) is 98.5 Å². The zero-order valence-electron chi connectivity index (χ0n) is 25.9. The Kier molecular flexibility index (Phi) is 9.00. The van der Waals surface area contributed by atoms with Gasteiger partial charge in [-0.15, -0.1) is 0 Å². The second-order valence-corrected chi connectivity index (χ2v) is 16.3. The first-order valence-electron chi connectivity index (χ1n) is 16.2. The number of rotatable bonds is 10. The summed E-state index contributed by atoms with van der Waals surface area (Å²) in [6.45, 7) is 14.0. The topological polar surface area (TPSA) is 0 Å². The molecule has 0 amide bonds. The fourth-order valence-electron chi connectivity index (χ4n) is 7.80. The summed E-state index contributed by atoms with van der Waals surface area (Å²) < 4.78 is 0. The first kappa shape index (κ1) is 28.9. The van der Waals surface area contributed by atoms with Gasteiger partial charge in [0.1, 0.15) is 0 Å². The van der Waals surface area contributed by atoms with Gasteiger partial charge in [-0.05, 0) is 111 Å². The van der Waals surface area contributed by atoms with Gasteiger partial charge in [0, 0.05) is 0 Å². The van der Waals surface area contributed by atoms with Gasteiger partial charge in [-0.25, -0.2) is 0 Å². The Balaban J connectivity index is 1.95. The van der Waals surface area contributed by atoms with Gasteiger partial charge in [0.2, 0.25) is 0 Å². The molecule has 0 saturated heterocycles. The largest absolute Gasteiger partial charge is 0.151 e. The first-order valence-corrected chi connectivity index (χ1v) is 18.3. The Hall–Kier alpha value is -2.64. The molecule has 0 N–H and O–H groups in total. The van der Waals surface area contributed by atoms with E-state index in [-0.39, 0.29) is 0 Å². The highest BCUT2D eigenvalue weighted by Gasteiger charge is 2.53. The van der Waals surface area contributed by atoms with E-state index < -0.39 is 8.07 Å². The molecule has 0 heterocycles. The fourth-order valence-corrected chi connectivity index (χ4v) is 14.1. The average molecular weight is 547 g/mol. The van der Waals surface area contributed by atoms with Crippen molar-refractivity contribution in [1.82, 2.24) is 0 Å². The number of fused-ring (bicyclic) bond motifs is 1. The number of benzene rings is 3. The van der Waals surface area contributed by atoms with Crippen molar-refractivity contribution in [1.29, 1.82) is 0 Å². The molecule has 210 valence electrons. The van der Waals surface area contributed by atoms with Crippen LogP contribution >= 0.6 is 0 Å². The minimum Gasteiger partial charge on any atom is -0.0808 e. The van der Waals surface area contributed by atoms with E-state index in [9.17, 15) is 0 Å². The second-order valence-electron chi connectivity index (χ2n) is 12.2. The van der Waals surface area contributed by atoms with Crippen LogP contribution in [0.4, 0.5) is 0 Å². The van der Waals surface area contributed by atoms with Crippen molar-refractivity contribution in [3.63, 3.8) is 0 Å². The van der Waals surface area contributed by atoms with E-state index in [1.807, 2.05) is 0 Å². The molecule has 0 aromatic heterocycles. The molecule has 0 radical (unpaired) electrons. The standard InChI is InChI=1S/C39H50Si/c1-7-28-19-29(8-2)23-35(22-28)40(36-24-30(9-3)20-31(10-4)25-36,37-26-32(11-5)21-33(12-6)27-37)39-18-17-34-15-13-14-16-38(34)39/h13-16,19-27,34,38-39H,7-12,17-18H2,1-6H3. The van der Waals surface area contributed by atoms with Crippen molar-refractivity contribution < 1.29 is 0 Å². The van der Waals surface area contributed by atoms with Crippen LogP contribution in [0, 0.1) is 11.8 Å². The molecule has 0 nitrogen and oxygen atoms in total. The number of allylic oxidation sites excluding steroid dienone is 4. The number of aryl methyl sites for hydroxylation is 6. The van der Waals surface area contributed by atoms with Crippen LogP contribution in [0.15, 0.2) is 78.9 Å². The van der Waals surface area contributed by atoms with Gasteiger partial charge in [-0.1, -0.05) is 127 Å². The van der Waals surface area contributed by atoms with Crippen LogP contribution < -0.4 is 15.6 Å². The maximum Gasteiger partial charge on any atom is 0.151 e. The van der Waals surface area contributed by atoms with E-state index in [0.717, 1.165) is 38.5 Å². The van der Waals surface area contributed by atoms with E-state index in [2.05, 4.69) is 120 Å². The van der Waals surface area contributed by atoms with Gasteiger partial charge in [-0.2, -0.15) is 0 Å². The van der Waals surface area contributed by atoms with E-state index >= 15 is 0 Å².